The van der Waals surface area contributed by atoms with Gasteiger partial charge in [-0.05, 0) is 18.2 Å². The molecule has 1 N–H and O–H groups in total. The first-order valence-electron chi connectivity index (χ1n) is 7.09. The largest absolute Gasteiger partial charge is 0.378 e. The van der Waals surface area contributed by atoms with Crippen molar-refractivity contribution in [2.75, 3.05) is 31.3 Å². The molecule has 0 saturated carbocycles. The van der Waals surface area contributed by atoms with Gasteiger partial charge in [0.2, 0.25) is 10.0 Å². The Hall–Kier alpha value is -2.10. The Bertz CT molecular complexity index is 769. The molecule has 2 aromatic heterocycles. The van der Waals surface area contributed by atoms with Crippen LogP contribution in [0.15, 0.2) is 36.7 Å². The Labute approximate surface area is 134 Å². The van der Waals surface area contributed by atoms with Crippen LogP contribution in [0, 0.1) is 0 Å². The molecule has 9 heteroatoms. The zero-order valence-electron chi connectivity index (χ0n) is 12.6. The molecule has 0 unspecified atom stereocenters. The van der Waals surface area contributed by atoms with Crippen molar-refractivity contribution in [2.24, 2.45) is 0 Å². The SMILES string of the molecule is CS(=O)(=O)N1CCOC[C@H]1c1nccc(Nc2ccccn2)n1. The summed E-state index contributed by atoms with van der Waals surface area (Å²) in [6, 6.07) is 6.67. The van der Waals surface area contributed by atoms with Gasteiger partial charge in [-0.2, -0.15) is 4.31 Å². The topological polar surface area (TPSA) is 97.3 Å². The highest BCUT2D eigenvalue weighted by Crippen LogP contribution is 2.24. The maximum atomic E-state index is 11.9. The molecule has 122 valence electrons. The summed E-state index contributed by atoms with van der Waals surface area (Å²) in [4.78, 5) is 12.8. The average molecular weight is 335 g/mol. The number of hydrogen-bond acceptors (Lipinski definition) is 7. The van der Waals surface area contributed by atoms with Crippen molar-refractivity contribution in [3.05, 3.63) is 42.5 Å². The molecule has 0 radical (unpaired) electrons. The lowest BCUT2D eigenvalue weighted by molar-refractivity contribution is 0.0293. The number of nitrogens with zero attached hydrogens (tertiary/aromatic N) is 4. The van der Waals surface area contributed by atoms with E-state index in [0.717, 1.165) is 0 Å². The van der Waals surface area contributed by atoms with E-state index in [4.69, 9.17) is 4.74 Å². The molecule has 1 aliphatic heterocycles. The molecule has 0 amide bonds. The third-order valence-electron chi connectivity index (χ3n) is 3.40. The number of sulfonamides is 1. The van der Waals surface area contributed by atoms with E-state index >= 15 is 0 Å². The lowest BCUT2D eigenvalue weighted by atomic mass is 10.2. The van der Waals surface area contributed by atoms with Crippen LogP contribution in [-0.4, -0.2) is 53.7 Å². The standard InChI is InChI=1S/C14H17N5O3S/c1-23(20,21)19-8-9-22-10-11(19)14-16-7-5-13(18-14)17-12-4-2-3-6-15-12/h2-7,11H,8-10H2,1H3,(H,15,16,17,18)/t11-/m0/s1. The lowest BCUT2D eigenvalue weighted by Gasteiger charge is -2.32. The highest BCUT2D eigenvalue weighted by Gasteiger charge is 2.33. The van der Waals surface area contributed by atoms with Crippen molar-refractivity contribution < 1.29 is 13.2 Å². The molecule has 0 aromatic carbocycles. The second-order valence-electron chi connectivity index (χ2n) is 5.10. The Morgan fingerprint density at radius 2 is 2.09 bits per heavy atom. The minimum Gasteiger partial charge on any atom is -0.378 e. The highest BCUT2D eigenvalue weighted by molar-refractivity contribution is 7.88. The van der Waals surface area contributed by atoms with Crippen LogP contribution in [0.1, 0.15) is 11.9 Å². The Kier molecular flexibility index (Phi) is 4.51. The van der Waals surface area contributed by atoms with Crippen LogP contribution in [0.4, 0.5) is 11.6 Å². The molecule has 0 bridgehead atoms. The van der Waals surface area contributed by atoms with Gasteiger partial charge in [0, 0.05) is 18.9 Å². The van der Waals surface area contributed by atoms with E-state index < -0.39 is 16.1 Å². The summed E-state index contributed by atoms with van der Waals surface area (Å²) in [7, 11) is -3.35. The normalized spacial score (nSPS) is 19.4. The van der Waals surface area contributed by atoms with E-state index in [1.54, 1.807) is 18.5 Å². The van der Waals surface area contributed by atoms with E-state index in [-0.39, 0.29) is 6.61 Å². The van der Waals surface area contributed by atoms with Gasteiger partial charge < -0.3 is 10.1 Å². The first kappa shape index (κ1) is 15.8. The number of hydrogen-bond donors (Lipinski definition) is 1. The van der Waals surface area contributed by atoms with Crippen molar-refractivity contribution in [1.82, 2.24) is 19.3 Å². The van der Waals surface area contributed by atoms with Gasteiger partial charge in [-0.3, -0.25) is 0 Å². The summed E-state index contributed by atoms with van der Waals surface area (Å²) in [6.45, 7) is 0.903. The van der Waals surface area contributed by atoms with Crippen molar-refractivity contribution in [3.63, 3.8) is 0 Å². The van der Waals surface area contributed by atoms with E-state index in [0.29, 0.717) is 30.6 Å². The second kappa shape index (κ2) is 6.57. The van der Waals surface area contributed by atoms with Crippen molar-refractivity contribution in [2.45, 2.75) is 6.04 Å². The lowest BCUT2D eigenvalue weighted by Crippen LogP contribution is -2.43. The molecule has 1 fully saturated rings. The predicted octanol–water partition coefficient (Wildman–Crippen LogP) is 0.948. The third-order valence-corrected chi connectivity index (χ3v) is 4.69. The number of nitrogens with one attached hydrogen (secondary N) is 1. The van der Waals surface area contributed by atoms with Crippen LogP contribution >= 0.6 is 0 Å². The number of ether oxygens (including phenoxy) is 1. The summed E-state index contributed by atoms with van der Waals surface area (Å²) in [5.41, 5.74) is 0. The first-order chi connectivity index (χ1) is 11.0. The number of pyridine rings is 1. The molecule has 3 rings (SSSR count). The molecule has 23 heavy (non-hydrogen) atoms. The van der Waals surface area contributed by atoms with Gasteiger partial charge in [-0.1, -0.05) is 6.07 Å². The molecular weight excluding hydrogens is 318 g/mol. The van der Waals surface area contributed by atoms with E-state index in [9.17, 15) is 8.42 Å². The smallest absolute Gasteiger partial charge is 0.212 e. The number of rotatable bonds is 4. The number of aromatic nitrogens is 3. The Morgan fingerprint density at radius 3 is 2.83 bits per heavy atom. The third kappa shape index (κ3) is 3.81. The summed E-state index contributed by atoms with van der Waals surface area (Å²) < 4.78 is 30.6. The number of morpholine rings is 1. The zero-order chi connectivity index (χ0) is 16.3. The van der Waals surface area contributed by atoms with E-state index in [1.807, 2.05) is 18.2 Å². The summed E-state index contributed by atoms with van der Waals surface area (Å²) in [5, 5.41) is 3.07. The molecule has 0 spiro atoms. The van der Waals surface area contributed by atoms with Gasteiger partial charge in [0.1, 0.15) is 17.7 Å². The zero-order valence-corrected chi connectivity index (χ0v) is 13.4. The van der Waals surface area contributed by atoms with Crippen LogP contribution in [0.2, 0.25) is 0 Å². The second-order valence-corrected chi connectivity index (χ2v) is 7.04. The molecule has 1 saturated heterocycles. The predicted molar refractivity (Wildman–Crippen MR) is 84.7 cm³/mol. The van der Waals surface area contributed by atoms with E-state index in [2.05, 4.69) is 20.3 Å². The van der Waals surface area contributed by atoms with Gasteiger partial charge in [-0.15, -0.1) is 0 Å². The molecule has 3 heterocycles. The maximum Gasteiger partial charge on any atom is 0.212 e. The summed E-state index contributed by atoms with van der Waals surface area (Å²) in [5.74, 6) is 1.60. The monoisotopic (exact) mass is 335 g/mol. The molecular formula is C14H17N5O3S. The van der Waals surface area contributed by atoms with Crippen LogP contribution in [0.5, 0.6) is 0 Å². The van der Waals surface area contributed by atoms with Gasteiger partial charge >= 0.3 is 0 Å². The van der Waals surface area contributed by atoms with Crippen molar-refractivity contribution in [1.29, 1.82) is 0 Å². The molecule has 2 aromatic rings. The quantitative estimate of drug-likeness (QED) is 0.888. The summed E-state index contributed by atoms with van der Waals surface area (Å²) >= 11 is 0. The van der Waals surface area contributed by atoms with Gasteiger partial charge in [-0.25, -0.2) is 23.4 Å². The first-order valence-corrected chi connectivity index (χ1v) is 8.94. The highest BCUT2D eigenvalue weighted by atomic mass is 32.2. The minimum absolute atomic E-state index is 0.236. The number of anilines is 2. The van der Waals surface area contributed by atoms with Gasteiger partial charge in [0.15, 0.2) is 5.82 Å². The summed E-state index contributed by atoms with van der Waals surface area (Å²) in [6.07, 6.45) is 4.44. The Balaban J connectivity index is 1.86. The van der Waals surface area contributed by atoms with Crippen molar-refractivity contribution >= 4 is 21.7 Å². The average Bonchev–Trinajstić information content (AvgIpc) is 2.55. The molecule has 0 aliphatic carbocycles. The van der Waals surface area contributed by atoms with E-state index in [1.165, 1.54) is 10.6 Å². The molecule has 1 atom stereocenters. The molecule has 8 nitrogen and oxygen atoms in total. The van der Waals surface area contributed by atoms with Gasteiger partial charge in [0.05, 0.1) is 19.5 Å². The maximum absolute atomic E-state index is 11.9. The fourth-order valence-electron chi connectivity index (χ4n) is 2.36. The minimum atomic E-state index is -3.35. The van der Waals surface area contributed by atoms with Gasteiger partial charge in [0.25, 0.3) is 0 Å². The van der Waals surface area contributed by atoms with Crippen LogP contribution in [-0.2, 0) is 14.8 Å². The fraction of sp³-hybridized carbons (Fsp3) is 0.357. The fourth-order valence-corrected chi connectivity index (χ4v) is 3.38. The Morgan fingerprint density at radius 1 is 1.22 bits per heavy atom. The molecule has 1 aliphatic rings. The van der Waals surface area contributed by atoms with Crippen LogP contribution < -0.4 is 5.32 Å². The van der Waals surface area contributed by atoms with Crippen LogP contribution in [0.25, 0.3) is 0 Å². The van der Waals surface area contributed by atoms with Crippen molar-refractivity contribution in [3.8, 4) is 0 Å². The van der Waals surface area contributed by atoms with Crippen LogP contribution in [0.3, 0.4) is 0 Å².